The van der Waals surface area contributed by atoms with Gasteiger partial charge in [-0.05, 0) is 50.7 Å². The molecule has 0 radical (unpaired) electrons. The summed E-state index contributed by atoms with van der Waals surface area (Å²) in [5.41, 5.74) is 2.68. The Labute approximate surface area is 109 Å². The maximum atomic E-state index is 6.50. The summed E-state index contributed by atoms with van der Waals surface area (Å²) in [6.07, 6.45) is 2.14. The van der Waals surface area contributed by atoms with E-state index >= 15 is 0 Å². The minimum absolute atomic E-state index is 0.0483. The first-order valence-electron chi connectivity index (χ1n) is 6.33. The second-order valence-corrected chi connectivity index (χ2v) is 6.28. The molecule has 17 heavy (non-hydrogen) atoms. The monoisotopic (exact) mass is 252 g/mol. The maximum Gasteiger partial charge on any atom is 0.0620 e. The third-order valence-electron chi connectivity index (χ3n) is 3.27. The van der Waals surface area contributed by atoms with Gasteiger partial charge in [0.2, 0.25) is 0 Å². The van der Waals surface area contributed by atoms with Crippen molar-refractivity contribution in [2.24, 2.45) is 5.92 Å². The molecule has 0 aliphatic heterocycles. The van der Waals surface area contributed by atoms with E-state index in [1.165, 1.54) is 11.1 Å². The van der Waals surface area contributed by atoms with Gasteiger partial charge in [-0.2, -0.15) is 0 Å². The summed E-state index contributed by atoms with van der Waals surface area (Å²) in [6.45, 7) is 7.07. The van der Waals surface area contributed by atoms with Crippen LogP contribution in [0.2, 0.25) is 0 Å². The van der Waals surface area contributed by atoms with Gasteiger partial charge in [0.25, 0.3) is 0 Å². The van der Waals surface area contributed by atoms with E-state index in [0.717, 1.165) is 19.4 Å². The molecule has 0 amide bonds. The van der Waals surface area contributed by atoms with Crippen molar-refractivity contribution in [1.29, 1.82) is 0 Å². The largest absolute Gasteiger partial charge is 0.376 e. The Hall–Kier alpha value is -0.530. The molecule has 0 heterocycles. The van der Waals surface area contributed by atoms with Crippen molar-refractivity contribution >= 4 is 11.6 Å². The Balaban J connectivity index is 1.90. The van der Waals surface area contributed by atoms with Crippen LogP contribution in [0.5, 0.6) is 0 Å². The van der Waals surface area contributed by atoms with Crippen LogP contribution in [0.25, 0.3) is 0 Å². The van der Waals surface area contributed by atoms with Crippen LogP contribution in [0.1, 0.15) is 43.7 Å². The molecule has 1 aromatic rings. The normalized spacial score (nSPS) is 23.8. The lowest BCUT2D eigenvalue weighted by Gasteiger charge is -2.21. The van der Waals surface area contributed by atoms with E-state index < -0.39 is 0 Å². The highest BCUT2D eigenvalue weighted by Crippen LogP contribution is 2.42. The van der Waals surface area contributed by atoms with Gasteiger partial charge in [0, 0.05) is 6.61 Å². The van der Waals surface area contributed by atoms with Crippen LogP contribution < -0.4 is 0 Å². The zero-order valence-electron chi connectivity index (χ0n) is 10.9. The quantitative estimate of drug-likeness (QED) is 0.727. The van der Waals surface area contributed by atoms with Crippen LogP contribution >= 0.6 is 11.6 Å². The van der Waals surface area contributed by atoms with Gasteiger partial charge in [-0.1, -0.05) is 24.3 Å². The first kappa shape index (κ1) is 12.9. The number of hydrogen-bond acceptors (Lipinski definition) is 1. The van der Waals surface area contributed by atoms with E-state index in [1.54, 1.807) is 0 Å². The van der Waals surface area contributed by atoms with Gasteiger partial charge < -0.3 is 4.74 Å². The lowest BCUT2D eigenvalue weighted by Crippen LogP contribution is -2.21. The van der Waals surface area contributed by atoms with Gasteiger partial charge in [0.1, 0.15) is 0 Å². The number of ether oxygens (including phenoxy) is 1. The molecule has 2 unspecified atom stereocenters. The van der Waals surface area contributed by atoms with Gasteiger partial charge in [0.15, 0.2) is 0 Å². The number of fused-ring (bicyclic) bond motifs is 1. The Bertz CT molecular complexity index is 381. The van der Waals surface area contributed by atoms with Crippen molar-refractivity contribution in [3.8, 4) is 0 Å². The predicted molar refractivity (Wildman–Crippen MR) is 72.6 cm³/mol. The Kier molecular flexibility index (Phi) is 3.79. The fourth-order valence-corrected chi connectivity index (χ4v) is 2.82. The average Bonchev–Trinajstić information content (AvgIpc) is 2.55. The maximum absolute atomic E-state index is 6.50. The standard InChI is InChI=1S/C15H21ClO/c1-15(2,3)17-9-8-12-10-11-6-4-5-7-13(11)14(12)16/h4-7,12,14H,8-10H2,1-3H3. The molecule has 0 N–H and O–H groups in total. The molecular weight excluding hydrogens is 232 g/mol. The van der Waals surface area contributed by atoms with Crippen LogP contribution in [-0.2, 0) is 11.2 Å². The van der Waals surface area contributed by atoms with Crippen LogP contribution in [0.15, 0.2) is 24.3 Å². The number of alkyl halides is 1. The van der Waals surface area contributed by atoms with Crippen molar-refractivity contribution in [1.82, 2.24) is 0 Å². The molecule has 0 bridgehead atoms. The first-order valence-corrected chi connectivity index (χ1v) is 6.77. The van der Waals surface area contributed by atoms with Gasteiger partial charge in [-0.3, -0.25) is 0 Å². The SMILES string of the molecule is CC(C)(C)OCCC1Cc2ccccc2C1Cl. The second-order valence-electron chi connectivity index (χ2n) is 5.81. The first-order chi connectivity index (χ1) is 7.97. The van der Waals surface area contributed by atoms with E-state index in [1.807, 2.05) is 0 Å². The molecular formula is C15H21ClO. The molecule has 0 saturated heterocycles. The molecule has 1 aliphatic carbocycles. The van der Waals surface area contributed by atoms with Crippen LogP contribution in [0.4, 0.5) is 0 Å². The minimum Gasteiger partial charge on any atom is -0.376 e. The topological polar surface area (TPSA) is 9.23 Å². The predicted octanol–water partition coefficient (Wildman–Crippen LogP) is 4.34. The molecule has 0 aromatic heterocycles. The minimum atomic E-state index is -0.0483. The highest BCUT2D eigenvalue weighted by atomic mass is 35.5. The fraction of sp³-hybridized carbons (Fsp3) is 0.600. The van der Waals surface area contributed by atoms with E-state index in [2.05, 4.69) is 45.0 Å². The van der Waals surface area contributed by atoms with Gasteiger partial charge >= 0.3 is 0 Å². The summed E-state index contributed by atoms with van der Waals surface area (Å²) >= 11 is 6.50. The Morgan fingerprint density at radius 1 is 1.29 bits per heavy atom. The number of benzene rings is 1. The summed E-state index contributed by atoms with van der Waals surface area (Å²) in [6, 6.07) is 8.51. The van der Waals surface area contributed by atoms with Crippen molar-refractivity contribution in [2.75, 3.05) is 6.61 Å². The molecule has 1 aliphatic rings. The summed E-state index contributed by atoms with van der Waals surface area (Å²) in [7, 11) is 0. The molecule has 1 nitrogen and oxygen atoms in total. The number of rotatable bonds is 3. The van der Waals surface area contributed by atoms with E-state index in [4.69, 9.17) is 16.3 Å². The van der Waals surface area contributed by atoms with Crippen LogP contribution in [0, 0.1) is 5.92 Å². The smallest absolute Gasteiger partial charge is 0.0620 e. The van der Waals surface area contributed by atoms with E-state index in [-0.39, 0.29) is 11.0 Å². The Morgan fingerprint density at radius 2 is 2.00 bits per heavy atom. The molecule has 0 saturated carbocycles. The third-order valence-corrected chi connectivity index (χ3v) is 3.86. The number of hydrogen-bond donors (Lipinski definition) is 0. The zero-order valence-corrected chi connectivity index (χ0v) is 11.6. The molecule has 2 rings (SSSR count). The summed E-state index contributed by atoms with van der Waals surface area (Å²) < 4.78 is 5.78. The Morgan fingerprint density at radius 3 is 2.65 bits per heavy atom. The lowest BCUT2D eigenvalue weighted by molar-refractivity contribution is -0.00901. The molecule has 1 aromatic carbocycles. The highest BCUT2D eigenvalue weighted by molar-refractivity contribution is 6.21. The van der Waals surface area contributed by atoms with Gasteiger partial charge in [0.05, 0.1) is 11.0 Å². The number of halogens is 1. The van der Waals surface area contributed by atoms with Crippen LogP contribution in [-0.4, -0.2) is 12.2 Å². The second kappa shape index (κ2) is 4.99. The molecule has 0 spiro atoms. The van der Waals surface area contributed by atoms with Gasteiger partial charge in [-0.25, -0.2) is 0 Å². The van der Waals surface area contributed by atoms with Crippen molar-refractivity contribution in [3.05, 3.63) is 35.4 Å². The fourth-order valence-electron chi connectivity index (χ4n) is 2.39. The zero-order chi connectivity index (χ0) is 12.5. The van der Waals surface area contributed by atoms with Crippen molar-refractivity contribution in [3.63, 3.8) is 0 Å². The van der Waals surface area contributed by atoms with Crippen molar-refractivity contribution < 1.29 is 4.74 Å². The third kappa shape index (κ3) is 3.23. The average molecular weight is 253 g/mol. The summed E-state index contributed by atoms with van der Waals surface area (Å²) in [4.78, 5) is 0. The van der Waals surface area contributed by atoms with E-state index in [0.29, 0.717) is 5.92 Å². The van der Waals surface area contributed by atoms with Crippen LogP contribution in [0.3, 0.4) is 0 Å². The van der Waals surface area contributed by atoms with Gasteiger partial charge in [-0.15, -0.1) is 11.6 Å². The molecule has 2 atom stereocenters. The summed E-state index contributed by atoms with van der Waals surface area (Å²) in [5.74, 6) is 0.524. The lowest BCUT2D eigenvalue weighted by atomic mass is 10.0. The van der Waals surface area contributed by atoms with E-state index in [9.17, 15) is 0 Å². The molecule has 2 heteroatoms. The highest BCUT2D eigenvalue weighted by Gasteiger charge is 2.30. The summed E-state index contributed by atoms with van der Waals surface area (Å²) in [5, 5.41) is 0.162. The molecule has 94 valence electrons. The van der Waals surface area contributed by atoms with Crippen molar-refractivity contribution in [2.45, 2.75) is 44.6 Å². The molecule has 0 fully saturated rings.